The molecule has 2 radical (unpaired) electrons. The van der Waals surface area contributed by atoms with Gasteiger partial charge in [-0.1, -0.05) is 79.5 Å². The van der Waals surface area contributed by atoms with Gasteiger partial charge in [0.1, 0.15) is 5.41 Å². The average Bonchev–Trinajstić information content (AvgIpc) is 2.54. The first-order chi connectivity index (χ1) is 11.4. The Bertz CT molecular complexity index is 562. The van der Waals surface area contributed by atoms with Crippen LogP contribution in [0.3, 0.4) is 0 Å². The van der Waals surface area contributed by atoms with Gasteiger partial charge < -0.3 is 5.11 Å². The molecule has 0 aliphatic heterocycles. The minimum absolute atomic E-state index is 0.113. The molecule has 3 nitrogen and oxygen atoms in total. The summed E-state index contributed by atoms with van der Waals surface area (Å²) in [6.07, 6.45) is 4.08. The SMILES string of the molecule is CCCCC([C]=O)([C]=O)C(O)c1cc(C(C)(C)C)cc(C(C)(C)C)c1. The van der Waals surface area contributed by atoms with Gasteiger partial charge in [-0.2, -0.15) is 0 Å². The van der Waals surface area contributed by atoms with Crippen molar-refractivity contribution in [2.45, 2.75) is 84.7 Å². The van der Waals surface area contributed by atoms with Crippen LogP contribution in [0.2, 0.25) is 0 Å². The number of carbonyl (C=O) groups excluding carboxylic acids is 2. The minimum Gasteiger partial charge on any atom is -0.387 e. The lowest BCUT2D eigenvalue weighted by Gasteiger charge is -2.30. The quantitative estimate of drug-likeness (QED) is 0.729. The van der Waals surface area contributed by atoms with Crippen molar-refractivity contribution in [3.63, 3.8) is 0 Å². The molecular weight excluding hydrogens is 312 g/mol. The first-order valence-corrected chi connectivity index (χ1v) is 9.04. The molecule has 0 heterocycles. The maximum Gasteiger partial charge on any atom is 0.216 e. The number of unbranched alkanes of at least 4 members (excludes halogenated alkanes) is 1. The van der Waals surface area contributed by atoms with Crippen LogP contribution in [0.5, 0.6) is 0 Å². The molecule has 25 heavy (non-hydrogen) atoms. The highest BCUT2D eigenvalue weighted by Crippen LogP contribution is 2.39. The van der Waals surface area contributed by atoms with Gasteiger partial charge >= 0.3 is 0 Å². The molecule has 0 aliphatic carbocycles. The zero-order valence-corrected chi connectivity index (χ0v) is 16.7. The van der Waals surface area contributed by atoms with Crippen LogP contribution in [0.1, 0.15) is 90.5 Å². The summed E-state index contributed by atoms with van der Waals surface area (Å²) in [6.45, 7) is 14.6. The highest BCUT2D eigenvalue weighted by molar-refractivity contribution is 5.85. The number of aliphatic hydroxyl groups excluding tert-OH is 1. The Hall–Kier alpha value is -1.48. The van der Waals surface area contributed by atoms with E-state index in [1.165, 1.54) is 0 Å². The third kappa shape index (κ3) is 5.01. The van der Waals surface area contributed by atoms with Crippen molar-refractivity contribution in [3.8, 4) is 0 Å². The van der Waals surface area contributed by atoms with Crippen LogP contribution in [0.4, 0.5) is 0 Å². The summed E-state index contributed by atoms with van der Waals surface area (Å²) in [6, 6.07) is 5.93. The van der Waals surface area contributed by atoms with Crippen molar-refractivity contribution in [1.82, 2.24) is 0 Å². The van der Waals surface area contributed by atoms with E-state index < -0.39 is 11.5 Å². The van der Waals surface area contributed by atoms with E-state index in [-0.39, 0.29) is 17.3 Å². The van der Waals surface area contributed by atoms with Crippen LogP contribution >= 0.6 is 0 Å². The normalized spacial score (nSPS) is 14.2. The lowest BCUT2D eigenvalue weighted by molar-refractivity contribution is 0.100. The largest absolute Gasteiger partial charge is 0.387 e. The second-order valence-electron chi connectivity index (χ2n) is 9.03. The molecule has 1 aromatic rings. The molecule has 0 bridgehead atoms. The molecule has 0 fully saturated rings. The van der Waals surface area contributed by atoms with E-state index in [0.29, 0.717) is 12.0 Å². The van der Waals surface area contributed by atoms with Gasteiger partial charge in [-0.3, -0.25) is 9.59 Å². The molecule has 1 atom stereocenters. The molecule has 1 N–H and O–H groups in total. The fourth-order valence-electron chi connectivity index (χ4n) is 2.79. The average molecular weight is 344 g/mol. The number of aliphatic hydroxyl groups is 1. The highest BCUT2D eigenvalue weighted by atomic mass is 16.3. The van der Waals surface area contributed by atoms with Crippen molar-refractivity contribution in [3.05, 3.63) is 34.9 Å². The van der Waals surface area contributed by atoms with E-state index in [9.17, 15) is 14.7 Å². The molecule has 0 amide bonds. The summed E-state index contributed by atoms with van der Waals surface area (Å²) in [5, 5.41) is 10.9. The van der Waals surface area contributed by atoms with E-state index >= 15 is 0 Å². The maximum absolute atomic E-state index is 11.6. The van der Waals surface area contributed by atoms with Crippen LogP contribution in [-0.2, 0) is 20.4 Å². The summed E-state index contributed by atoms with van der Waals surface area (Å²) in [7, 11) is 0. The summed E-state index contributed by atoms with van der Waals surface area (Å²) >= 11 is 0. The van der Waals surface area contributed by atoms with E-state index in [1.807, 2.05) is 19.1 Å². The Balaban J connectivity index is 3.52. The van der Waals surface area contributed by atoms with Crippen LogP contribution < -0.4 is 0 Å². The first-order valence-electron chi connectivity index (χ1n) is 9.04. The molecule has 0 aromatic heterocycles. The van der Waals surface area contributed by atoms with Crippen molar-refractivity contribution in [1.29, 1.82) is 0 Å². The van der Waals surface area contributed by atoms with E-state index in [2.05, 4.69) is 47.6 Å². The number of benzene rings is 1. The third-order valence-corrected chi connectivity index (χ3v) is 4.76. The Morgan fingerprint density at radius 2 is 1.36 bits per heavy atom. The Morgan fingerprint density at radius 3 is 1.68 bits per heavy atom. The lowest BCUT2D eigenvalue weighted by Crippen LogP contribution is -2.33. The number of hydrogen-bond donors (Lipinski definition) is 1. The molecule has 1 rings (SSSR count). The first kappa shape index (κ1) is 21.6. The molecule has 1 unspecified atom stereocenters. The smallest absolute Gasteiger partial charge is 0.216 e. The fourth-order valence-corrected chi connectivity index (χ4v) is 2.79. The molecule has 1 aromatic carbocycles. The Morgan fingerprint density at radius 1 is 0.920 bits per heavy atom. The molecule has 0 saturated heterocycles. The lowest BCUT2D eigenvalue weighted by atomic mass is 9.74. The Kier molecular flexibility index (Phi) is 6.74. The summed E-state index contributed by atoms with van der Waals surface area (Å²) in [5.41, 5.74) is 0.863. The van der Waals surface area contributed by atoms with Crippen molar-refractivity contribution in [2.24, 2.45) is 5.41 Å². The number of rotatable bonds is 7. The van der Waals surface area contributed by atoms with Gasteiger partial charge in [0.25, 0.3) is 0 Å². The zero-order chi connectivity index (χ0) is 19.5. The van der Waals surface area contributed by atoms with Crippen LogP contribution in [0, 0.1) is 5.41 Å². The molecule has 0 aliphatic rings. The van der Waals surface area contributed by atoms with E-state index in [1.54, 1.807) is 12.6 Å². The summed E-state index contributed by atoms with van der Waals surface area (Å²) in [4.78, 5) is 23.2. The second-order valence-corrected chi connectivity index (χ2v) is 9.03. The standard InChI is InChI=1S/C22H32O3/c1-8-9-10-22(14-23,15-24)19(25)16-11-17(20(2,3)4)13-18(12-16)21(5,6)7/h11-13,19,25H,8-10H2,1-7H3. The van der Waals surface area contributed by atoms with Crippen LogP contribution in [0.25, 0.3) is 0 Å². The Labute approximate surface area is 152 Å². The topological polar surface area (TPSA) is 54.4 Å². The van der Waals surface area contributed by atoms with Crippen molar-refractivity contribution in [2.75, 3.05) is 0 Å². The summed E-state index contributed by atoms with van der Waals surface area (Å²) in [5.74, 6) is 0. The molecule has 3 heteroatoms. The van der Waals surface area contributed by atoms with Crippen LogP contribution in [-0.4, -0.2) is 17.7 Å². The second kappa shape index (κ2) is 7.82. The maximum atomic E-state index is 11.6. The predicted octanol–water partition coefficient (Wildman–Crippen LogP) is 4.71. The van der Waals surface area contributed by atoms with E-state index in [0.717, 1.165) is 17.5 Å². The highest BCUT2D eigenvalue weighted by Gasteiger charge is 2.41. The zero-order valence-electron chi connectivity index (χ0n) is 16.7. The van der Waals surface area contributed by atoms with Gasteiger partial charge in [-0.15, -0.1) is 0 Å². The van der Waals surface area contributed by atoms with Gasteiger partial charge in [0.2, 0.25) is 12.6 Å². The number of hydrogen-bond acceptors (Lipinski definition) is 3. The predicted molar refractivity (Wildman–Crippen MR) is 102 cm³/mol. The molecule has 0 spiro atoms. The third-order valence-electron chi connectivity index (χ3n) is 4.76. The van der Waals surface area contributed by atoms with Gasteiger partial charge in [0, 0.05) is 0 Å². The molecule has 0 saturated carbocycles. The van der Waals surface area contributed by atoms with Crippen LogP contribution in [0.15, 0.2) is 18.2 Å². The molecular formula is C22H32O3. The fraction of sp³-hybridized carbons (Fsp3) is 0.636. The van der Waals surface area contributed by atoms with Crippen molar-refractivity contribution < 1.29 is 14.7 Å². The summed E-state index contributed by atoms with van der Waals surface area (Å²) < 4.78 is 0. The van der Waals surface area contributed by atoms with Crippen molar-refractivity contribution >= 4 is 12.6 Å². The molecule has 138 valence electrons. The monoisotopic (exact) mass is 344 g/mol. The van der Waals surface area contributed by atoms with Gasteiger partial charge in [0.15, 0.2) is 0 Å². The van der Waals surface area contributed by atoms with Gasteiger partial charge in [0.05, 0.1) is 6.10 Å². The van der Waals surface area contributed by atoms with Gasteiger partial charge in [-0.05, 0) is 33.9 Å². The van der Waals surface area contributed by atoms with Gasteiger partial charge in [-0.25, -0.2) is 0 Å². The minimum atomic E-state index is -1.62. The van der Waals surface area contributed by atoms with E-state index in [4.69, 9.17) is 0 Å².